The number of anilines is 2. The molecule has 5 nitrogen and oxygen atoms in total. The SMILES string of the molecule is CC1=CCC(C(CN)C(=O)Nc2ccc(N)c(CN)c2)C(F)=C1. The van der Waals surface area contributed by atoms with Crippen molar-refractivity contribution in [2.45, 2.75) is 19.9 Å². The second-order valence-electron chi connectivity index (χ2n) is 5.77. The lowest BCUT2D eigenvalue weighted by molar-refractivity contribution is -0.121. The Labute approximate surface area is 135 Å². The highest BCUT2D eigenvalue weighted by molar-refractivity contribution is 5.93. The highest BCUT2D eigenvalue weighted by atomic mass is 19.1. The molecule has 0 aliphatic heterocycles. The van der Waals surface area contributed by atoms with Crippen LogP contribution in [0.15, 0.2) is 41.8 Å². The van der Waals surface area contributed by atoms with Crippen LogP contribution in [0.2, 0.25) is 0 Å². The van der Waals surface area contributed by atoms with E-state index in [0.29, 0.717) is 17.8 Å². The molecule has 23 heavy (non-hydrogen) atoms. The lowest BCUT2D eigenvalue weighted by Crippen LogP contribution is -2.36. The molecule has 0 bridgehead atoms. The quantitative estimate of drug-likeness (QED) is 0.623. The van der Waals surface area contributed by atoms with Gasteiger partial charge >= 0.3 is 0 Å². The maximum absolute atomic E-state index is 14.2. The van der Waals surface area contributed by atoms with Crippen molar-refractivity contribution in [2.24, 2.45) is 23.3 Å². The Kier molecular flexibility index (Phi) is 5.52. The van der Waals surface area contributed by atoms with E-state index < -0.39 is 11.8 Å². The normalized spacial score (nSPS) is 18.9. The van der Waals surface area contributed by atoms with Gasteiger partial charge in [-0.2, -0.15) is 0 Å². The third kappa shape index (κ3) is 3.97. The topological polar surface area (TPSA) is 107 Å². The van der Waals surface area contributed by atoms with Crippen LogP contribution in [0.25, 0.3) is 0 Å². The fraction of sp³-hybridized carbons (Fsp3) is 0.353. The van der Waals surface area contributed by atoms with Gasteiger partial charge < -0.3 is 22.5 Å². The van der Waals surface area contributed by atoms with Gasteiger partial charge in [0.2, 0.25) is 5.91 Å². The fourth-order valence-corrected chi connectivity index (χ4v) is 2.71. The first kappa shape index (κ1) is 17.2. The van der Waals surface area contributed by atoms with Crippen LogP contribution < -0.4 is 22.5 Å². The highest BCUT2D eigenvalue weighted by Gasteiger charge is 2.31. The molecule has 1 aromatic rings. The van der Waals surface area contributed by atoms with Gasteiger partial charge in [0, 0.05) is 30.4 Å². The standard InChI is InChI=1S/C17H23FN4O/c1-10-2-4-13(15(18)6-10)14(9-20)17(23)22-12-3-5-16(21)11(7-12)8-19/h2-3,5-7,13-14H,4,8-9,19-21H2,1H3,(H,22,23). The van der Waals surface area contributed by atoms with Crippen LogP contribution in [0.3, 0.4) is 0 Å². The first-order valence-electron chi connectivity index (χ1n) is 7.59. The molecule has 6 heteroatoms. The molecule has 2 rings (SSSR count). The van der Waals surface area contributed by atoms with Gasteiger partial charge in [0.05, 0.1) is 5.92 Å². The van der Waals surface area contributed by atoms with Crippen molar-refractivity contribution >= 4 is 17.3 Å². The molecule has 0 heterocycles. The van der Waals surface area contributed by atoms with Crippen molar-refractivity contribution in [2.75, 3.05) is 17.6 Å². The van der Waals surface area contributed by atoms with Crippen LogP contribution in [0.4, 0.5) is 15.8 Å². The summed E-state index contributed by atoms with van der Waals surface area (Å²) in [6, 6.07) is 5.09. The van der Waals surface area contributed by atoms with E-state index in [2.05, 4.69) is 5.32 Å². The third-order valence-electron chi connectivity index (χ3n) is 4.12. The zero-order valence-corrected chi connectivity index (χ0v) is 13.2. The lowest BCUT2D eigenvalue weighted by atomic mass is 9.84. The molecule has 0 saturated carbocycles. The van der Waals surface area contributed by atoms with Crippen LogP contribution in [-0.2, 0) is 11.3 Å². The van der Waals surface area contributed by atoms with Gasteiger partial charge in [0.1, 0.15) is 5.83 Å². The number of halogens is 1. The van der Waals surface area contributed by atoms with Gasteiger partial charge in [-0.15, -0.1) is 0 Å². The molecule has 124 valence electrons. The summed E-state index contributed by atoms with van der Waals surface area (Å²) in [6.07, 6.45) is 3.85. The smallest absolute Gasteiger partial charge is 0.229 e. The minimum absolute atomic E-state index is 0.0728. The summed E-state index contributed by atoms with van der Waals surface area (Å²) in [4.78, 5) is 12.5. The summed E-state index contributed by atoms with van der Waals surface area (Å²) in [7, 11) is 0. The molecular formula is C17H23FN4O. The van der Waals surface area contributed by atoms with Gasteiger partial charge in [-0.3, -0.25) is 4.79 Å². The maximum Gasteiger partial charge on any atom is 0.229 e. The van der Waals surface area contributed by atoms with Gasteiger partial charge in [-0.05, 0) is 43.2 Å². The van der Waals surface area contributed by atoms with Crippen molar-refractivity contribution < 1.29 is 9.18 Å². The Morgan fingerprint density at radius 3 is 2.78 bits per heavy atom. The van der Waals surface area contributed by atoms with E-state index in [1.54, 1.807) is 18.2 Å². The summed E-state index contributed by atoms with van der Waals surface area (Å²) in [5.74, 6) is -1.75. The summed E-state index contributed by atoms with van der Waals surface area (Å²) >= 11 is 0. The van der Waals surface area contributed by atoms with Gasteiger partial charge in [-0.25, -0.2) is 4.39 Å². The van der Waals surface area contributed by atoms with Gasteiger partial charge in [0.25, 0.3) is 0 Å². The Morgan fingerprint density at radius 1 is 1.43 bits per heavy atom. The monoisotopic (exact) mass is 318 g/mol. The number of carbonyl (C=O) groups excluding carboxylic acids is 1. The van der Waals surface area contributed by atoms with Crippen molar-refractivity contribution in [3.8, 4) is 0 Å². The summed E-state index contributed by atoms with van der Waals surface area (Å²) < 4.78 is 14.2. The average Bonchev–Trinajstić information content (AvgIpc) is 2.52. The highest BCUT2D eigenvalue weighted by Crippen LogP contribution is 2.31. The first-order chi connectivity index (χ1) is 11.0. The number of rotatable bonds is 5. The second-order valence-corrected chi connectivity index (χ2v) is 5.77. The van der Waals surface area contributed by atoms with E-state index in [9.17, 15) is 9.18 Å². The molecular weight excluding hydrogens is 295 g/mol. The number of benzene rings is 1. The number of nitrogens with one attached hydrogen (secondary N) is 1. The lowest BCUT2D eigenvalue weighted by Gasteiger charge is -2.25. The number of hydrogen-bond donors (Lipinski definition) is 4. The number of carbonyl (C=O) groups is 1. The predicted octanol–water partition coefficient (Wildman–Crippen LogP) is 2.06. The number of allylic oxidation sites excluding steroid dienone is 4. The molecule has 1 aliphatic carbocycles. The molecule has 2 atom stereocenters. The number of nitrogens with two attached hydrogens (primary N) is 3. The van der Waals surface area contributed by atoms with E-state index in [0.717, 1.165) is 11.1 Å². The molecule has 0 saturated heterocycles. The van der Waals surface area contributed by atoms with Gasteiger partial charge in [0.15, 0.2) is 0 Å². The largest absolute Gasteiger partial charge is 0.398 e. The van der Waals surface area contributed by atoms with Crippen molar-refractivity contribution in [1.29, 1.82) is 0 Å². The van der Waals surface area contributed by atoms with Gasteiger partial charge in [-0.1, -0.05) is 11.6 Å². The van der Waals surface area contributed by atoms with E-state index in [4.69, 9.17) is 17.2 Å². The molecule has 1 aromatic carbocycles. The molecule has 0 spiro atoms. The predicted molar refractivity (Wildman–Crippen MR) is 91.0 cm³/mol. The van der Waals surface area contributed by atoms with E-state index in [1.807, 2.05) is 13.0 Å². The molecule has 1 aliphatic rings. The summed E-state index contributed by atoms with van der Waals surface area (Å²) in [6.45, 7) is 2.18. The minimum atomic E-state index is -0.630. The first-order valence-corrected chi connectivity index (χ1v) is 7.59. The molecule has 0 radical (unpaired) electrons. The Hall–Kier alpha value is -2.18. The number of nitrogen functional groups attached to an aromatic ring is 1. The molecule has 2 unspecified atom stereocenters. The molecule has 1 amide bonds. The van der Waals surface area contributed by atoms with Crippen LogP contribution in [0.5, 0.6) is 0 Å². The van der Waals surface area contributed by atoms with Crippen LogP contribution in [0, 0.1) is 11.8 Å². The van der Waals surface area contributed by atoms with Crippen LogP contribution >= 0.6 is 0 Å². The average molecular weight is 318 g/mol. The maximum atomic E-state index is 14.2. The van der Waals surface area contributed by atoms with E-state index in [-0.39, 0.29) is 24.8 Å². The minimum Gasteiger partial charge on any atom is -0.398 e. The van der Waals surface area contributed by atoms with Crippen molar-refractivity contribution in [1.82, 2.24) is 0 Å². The fourth-order valence-electron chi connectivity index (χ4n) is 2.71. The Balaban J connectivity index is 2.13. The van der Waals surface area contributed by atoms with Crippen LogP contribution in [0.1, 0.15) is 18.9 Å². The number of hydrogen-bond acceptors (Lipinski definition) is 4. The van der Waals surface area contributed by atoms with E-state index >= 15 is 0 Å². The second kappa shape index (κ2) is 7.39. The summed E-state index contributed by atoms with van der Waals surface area (Å²) in [5, 5.41) is 2.78. The van der Waals surface area contributed by atoms with Crippen molar-refractivity contribution in [3.63, 3.8) is 0 Å². The Morgan fingerprint density at radius 2 is 2.17 bits per heavy atom. The Bertz CT molecular complexity index is 654. The summed E-state index contributed by atoms with van der Waals surface area (Å²) in [5.41, 5.74) is 19.9. The molecule has 7 N–H and O–H groups in total. The van der Waals surface area contributed by atoms with Crippen molar-refractivity contribution in [3.05, 3.63) is 47.3 Å². The molecule has 0 fully saturated rings. The zero-order valence-electron chi connectivity index (χ0n) is 13.2. The zero-order chi connectivity index (χ0) is 17.0. The molecule has 0 aromatic heterocycles. The van der Waals surface area contributed by atoms with Crippen LogP contribution in [-0.4, -0.2) is 12.5 Å². The van der Waals surface area contributed by atoms with E-state index in [1.165, 1.54) is 6.08 Å². The number of amides is 1. The third-order valence-corrected chi connectivity index (χ3v) is 4.12.